The van der Waals surface area contributed by atoms with Crippen molar-refractivity contribution in [2.24, 2.45) is 0 Å². The van der Waals surface area contributed by atoms with Gasteiger partial charge in [0.1, 0.15) is 7.85 Å². The minimum absolute atomic E-state index is 0.934. The smallest absolute Gasteiger partial charge is 0.126 e. The molecule has 0 fully saturated rings. The molecule has 4 rings (SSSR count). The van der Waals surface area contributed by atoms with Crippen molar-refractivity contribution in [1.82, 2.24) is 0 Å². The topological polar surface area (TPSA) is 12.5 Å². The quantitative estimate of drug-likeness (QED) is 0.415. The van der Waals surface area contributed by atoms with Crippen LogP contribution in [0.4, 0.5) is 11.4 Å². The first-order chi connectivity index (χ1) is 13.4. The van der Waals surface area contributed by atoms with Crippen LogP contribution in [0.1, 0.15) is 19.4 Å². The van der Waals surface area contributed by atoms with E-state index in [1.807, 2.05) is 19.9 Å². The van der Waals surface area contributed by atoms with Gasteiger partial charge in [0.05, 0.1) is 5.50 Å². The van der Waals surface area contributed by atoms with Crippen molar-refractivity contribution in [3.05, 3.63) is 83.9 Å². The molecule has 3 aromatic carbocycles. The van der Waals surface area contributed by atoms with Gasteiger partial charge in [-0.25, -0.2) is 0 Å². The van der Waals surface area contributed by atoms with Crippen molar-refractivity contribution in [3.8, 4) is 22.3 Å². The number of anilines is 2. The average Bonchev–Trinajstić information content (AvgIpc) is 2.81. The highest BCUT2D eigenvalue weighted by atomic mass is 16.5. The summed E-state index contributed by atoms with van der Waals surface area (Å²) in [5, 5.41) is 0. The van der Waals surface area contributed by atoms with Gasteiger partial charge in [0.2, 0.25) is 0 Å². The molecule has 0 bridgehead atoms. The van der Waals surface area contributed by atoms with Gasteiger partial charge in [0.25, 0.3) is 0 Å². The van der Waals surface area contributed by atoms with Crippen molar-refractivity contribution in [1.29, 1.82) is 0 Å². The Kier molecular flexibility index (Phi) is 4.64. The first kappa shape index (κ1) is 18.6. The Labute approximate surface area is 168 Å². The summed E-state index contributed by atoms with van der Waals surface area (Å²) in [6, 6.07) is 23.4. The molecule has 138 valence electrons. The van der Waals surface area contributed by atoms with E-state index in [0.29, 0.717) is 0 Å². The maximum Gasteiger partial charge on any atom is 0.126 e. The van der Waals surface area contributed by atoms with Crippen molar-refractivity contribution in [2.45, 2.75) is 19.3 Å². The molecular weight excluding hydrogens is 341 g/mol. The summed E-state index contributed by atoms with van der Waals surface area (Å²) in [4.78, 5) is 2.25. The molecule has 1 atom stereocenters. The van der Waals surface area contributed by atoms with Crippen LogP contribution in [0.3, 0.4) is 0 Å². The molecule has 1 aliphatic rings. The number of fused-ring (bicyclic) bond motifs is 5. The zero-order chi connectivity index (χ0) is 19.9. The molecule has 0 saturated heterocycles. The second-order valence-electron chi connectivity index (χ2n) is 7.57. The highest BCUT2D eigenvalue weighted by molar-refractivity contribution is 6.16. The van der Waals surface area contributed by atoms with Gasteiger partial charge in [-0.2, -0.15) is 0 Å². The maximum atomic E-state index is 6.62. The lowest BCUT2D eigenvalue weighted by Gasteiger charge is -2.29. The number of hydrogen-bond acceptors (Lipinski definition) is 2. The third-order valence-corrected chi connectivity index (χ3v) is 5.42. The van der Waals surface area contributed by atoms with Gasteiger partial charge in [-0.15, -0.1) is 0 Å². The largest absolute Gasteiger partial charge is 0.380 e. The molecule has 3 heteroatoms. The van der Waals surface area contributed by atoms with Gasteiger partial charge in [0.15, 0.2) is 0 Å². The van der Waals surface area contributed by atoms with Crippen molar-refractivity contribution >= 4 is 19.2 Å². The fourth-order valence-corrected chi connectivity index (χ4v) is 4.05. The monoisotopic (exact) mass is 365 g/mol. The van der Waals surface area contributed by atoms with Crippen LogP contribution < -0.4 is 4.90 Å². The molecule has 1 aliphatic heterocycles. The SMILES string of the molecule is [B]C(C=C(C)C)(OC)c1ccc2c(c1)-c1ccccc1-c1ccccc1N2C. The van der Waals surface area contributed by atoms with Crippen molar-refractivity contribution in [3.63, 3.8) is 0 Å². The minimum Gasteiger partial charge on any atom is -0.380 e. The van der Waals surface area contributed by atoms with E-state index in [4.69, 9.17) is 12.6 Å². The molecule has 0 amide bonds. The predicted octanol–water partition coefficient (Wildman–Crippen LogP) is 6.04. The van der Waals surface area contributed by atoms with E-state index >= 15 is 0 Å². The molecule has 0 spiro atoms. The molecule has 0 aromatic heterocycles. The number of ether oxygens (including phenoxy) is 1. The van der Waals surface area contributed by atoms with Gasteiger partial charge < -0.3 is 9.64 Å². The van der Waals surface area contributed by atoms with Crippen LogP contribution in [0, 0.1) is 0 Å². The Morgan fingerprint density at radius 3 is 2.07 bits per heavy atom. The lowest BCUT2D eigenvalue weighted by molar-refractivity contribution is 0.102. The summed E-state index contributed by atoms with van der Waals surface area (Å²) in [5.74, 6) is 0. The van der Waals surface area contributed by atoms with Crippen LogP contribution in [0.2, 0.25) is 0 Å². The maximum absolute atomic E-state index is 6.62. The third kappa shape index (κ3) is 2.96. The third-order valence-electron chi connectivity index (χ3n) is 5.42. The van der Waals surface area contributed by atoms with E-state index in [9.17, 15) is 0 Å². The average molecular weight is 365 g/mol. The van der Waals surface area contributed by atoms with E-state index in [1.54, 1.807) is 7.11 Å². The van der Waals surface area contributed by atoms with E-state index in [2.05, 4.69) is 78.7 Å². The summed E-state index contributed by atoms with van der Waals surface area (Å²) < 4.78 is 5.72. The first-order valence-corrected chi connectivity index (χ1v) is 9.52. The number of methoxy groups -OCH3 is 1. The molecule has 2 radical (unpaired) electrons. The highest BCUT2D eigenvalue weighted by Crippen LogP contribution is 2.47. The molecule has 0 N–H and O–H groups in total. The van der Waals surface area contributed by atoms with Crippen molar-refractivity contribution < 1.29 is 4.74 Å². The summed E-state index contributed by atoms with van der Waals surface area (Å²) >= 11 is 0. The van der Waals surface area contributed by atoms with Crippen LogP contribution in [-0.4, -0.2) is 22.0 Å². The number of para-hydroxylation sites is 1. The van der Waals surface area contributed by atoms with Crippen LogP contribution in [0.15, 0.2) is 78.4 Å². The lowest BCUT2D eigenvalue weighted by atomic mass is 9.73. The molecule has 0 saturated carbocycles. The van der Waals surface area contributed by atoms with Crippen LogP contribution in [0.25, 0.3) is 22.3 Å². The summed E-state index contributed by atoms with van der Waals surface area (Å²) in [5.41, 5.74) is 8.24. The fourth-order valence-electron chi connectivity index (χ4n) is 4.05. The molecule has 1 heterocycles. The molecule has 1 unspecified atom stereocenters. The Bertz CT molecular complexity index is 1070. The van der Waals surface area contributed by atoms with E-state index < -0.39 is 5.50 Å². The van der Waals surface area contributed by atoms with Crippen molar-refractivity contribution in [2.75, 3.05) is 19.1 Å². The normalized spacial score (nSPS) is 14.2. The Morgan fingerprint density at radius 2 is 1.43 bits per heavy atom. The predicted molar refractivity (Wildman–Crippen MR) is 119 cm³/mol. The van der Waals surface area contributed by atoms with Gasteiger partial charge in [-0.05, 0) is 48.7 Å². The van der Waals surface area contributed by atoms with E-state index in [0.717, 1.165) is 22.4 Å². The Morgan fingerprint density at radius 1 is 0.857 bits per heavy atom. The zero-order valence-corrected chi connectivity index (χ0v) is 16.9. The van der Waals surface area contributed by atoms with Crippen LogP contribution in [0.5, 0.6) is 0 Å². The second kappa shape index (κ2) is 6.99. The standard InChI is InChI=1S/C25H24BNO/c1-17(2)16-25(26,28-4)18-13-14-24-22(15-18)20-10-6-5-9-19(20)21-11-7-8-12-23(21)27(24)3/h5-16H,1-4H3. The van der Waals surface area contributed by atoms with Crippen LogP contribution >= 0.6 is 0 Å². The Hall–Kier alpha value is -2.78. The van der Waals surface area contributed by atoms with E-state index in [1.165, 1.54) is 22.4 Å². The van der Waals surface area contributed by atoms with Gasteiger partial charge in [0, 0.05) is 36.7 Å². The summed E-state index contributed by atoms with van der Waals surface area (Å²) in [6.07, 6.45) is 1.97. The second-order valence-corrected chi connectivity index (χ2v) is 7.57. The first-order valence-electron chi connectivity index (χ1n) is 9.52. The van der Waals surface area contributed by atoms with Gasteiger partial charge >= 0.3 is 0 Å². The molecule has 28 heavy (non-hydrogen) atoms. The Balaban J connectivity index is 2.01. The zero-order valence-electron chi connectivity index (χ0n) is 16.9. The number of hydrogen-bond donors (Lipinski definition) is 0. The number of nitrogens with zero attached hydrogens (tertiary/aromatic N) is 1. The lowest BCUT2D eigenvalue weighted by Crippen LogP contribution is -2.27. The number of rotatable bonds is 3. The van der Waals surface area contributed by atoms with Crippen LogP contribution in [-0.2, 0) is 10.2 Å². The van der Waals surface area contributed by atoms with Gasteiger partial charge in [-0.3, -0.25) is 0 Å². The summed E-state index contributed by atoms with van der Waals surface area (Å²) in [7, 11) is 10.4. The van der Waals surface area contributed by atoms with E-state index in [-0.39, 0.29) is 0 Å². The number of benzene rings is 3. The highest BCUT2D eigenvalue weighted by Gasteiger charge is 2.27. The van der Waals surface area contributed by atoms with Gasteiger partial charge in [-0.1, -0.05) is 60.2 Å². The summed E-state index contributed by atoms with van der Waals surface area (Å²) in [6.45, 7) is 4.06. The molecule has 2 nitrogen and oxygen atoms in total. The fraction of sp³-hybridized carbons (Fsp3) is 0.200. The molecule has 0 aliphatic carbocycles. The molecular formula is C25H24BNO. The number of allylic oxidation sites excluding steroid dienone is 1. The minimum atomic E-state index is -0.958. The molecule has 3 aromatic rings.